The number of aliphatic hydroxyl groups is 2. The third kappa shape index (κ3) is 11.4. The summed E-state index contributed by atoms with van der Waals surface area (Å²) in [6, 6.07) is 0. The molecule has 2 N–H and O–H groups in total. The second-order valence-corrected chi connectivity index (χ2v) is 7.93. The average Bonchev–Trinajstić information content (AvgIpc) is 2.71. The van der Waals surface area contributed by atoms with Crippen molar-refractivity contribution in [2.75, 3.05) is 26.4 Å². The fraction of sp³-hybridized carbons (Fsp3) is 0.545. The third-order valence-electron chi connectivity index (χ3n) is 3.82. The van der Waals surface area contributed by atoms with Gasteiger partial charge in [0, 0.05) is 16.7 Å². The van der Waals surface area contributed by atoms with E-state index >= 15 is 0 Å². The number of hydrogen-bond donors (Lipinski definition) is 2. The van der Waals surface area contributed by atoms with Gasteiger partial charge in [0.2, 0.25) is 0 Å². The Morgan fingerprint density at radius 2 is 1.06 bits per heavy atom. The van der Waals surface area contributed by atoms with Crippen molar-refractivity contribution in [2.45, 2.75) is 46.3 Å². The molecule has 0 spiro atoms. The van der Waals surface area contributed by atoms with Crippen LogP contribution in [0.15, 0.2) is 36.5 Å². The van der Waals surface area contributed by atoms with Crippen LogP contribution < -0.4 is 0 Å². The summed E-state index contributed by atoms with van der Waals surface area (Å²) < 4.78 is 19.4. The molecule has 0 radical (unpaired) electrons. The fourth-order valence-corrected chi connectivity index (χ4v) is 2.01. The highest BCUT2D eigenvalue weighted by Gasteiger charge is 2.32. The molecule has 10 nitrogen and oxygen atoms in total. The summed E-state index contributed by atoms with van der Waals surface area (Å²) in [6.45, 7) is 14.7. The van der Waals surface area contributed by atoms with E-state index in [0.29, 0.717) is 0 Å². The molecule has 0 aromatic rings. The maximum Gasteiger partial charge on any atom is 0.333 e. The van der Waals surface area contributed by atoms with Crippen LogP contribution in [0.5, 0.6) is 0 Å². The van der Waals surface area contributed by atoms with Gasteiger partial charge in [0.05, 0.1) is 5.41 Å². The summed E-state index contributed by atoms with van der Waals surface area (Å²) in [5.74, 6) is -2.92. The highest BCUT2D eigenvalue weighted by Crippen LogP contribution is 2.27. The van der Waals surface area contributed by atoms with Crippen LogP contribution in [0.2, 0.25) is 0 Å². The molecule has 10 heteroatoms. The SMILES string of the molecule is C=C(C)C(=O)OCC(O)COC(=O)C(=C)CC(C)(C)C(=O)OCC(O)COC(=O)C(=C)C. The van der Waals surface area contributed by atoms with E-state index in [1.807, 2.05) is 0 Å². The summed E-state index contributed by atoms with van der Waals surface area (Å²) in [4.78, 5) is 46.9. The fourth-order valence-electron chi connectivity index (χ4n) is 2.01. The smallest absolute Gasteiger partial charge is 0.333 e. The van der Waals surface area contributed by atoms with E-state index in [2.05, 4.69) is 19.7 Å². The van der Waals surface area contributed by atoms with Crippen molar-refractivity contribution in [3.63, 3.8) is 0 Å². The van der Waals surface area contributed by atoms with Gasteiger partial charge in [-0.2, -0.15) is 0 Å². The Hall–Kier alpha value is -2.98. The van der Waals surface area contributed by atoms with Gasteiger partial charge in [-0.1, -0.05) is 19.7 Å². The molecule has 2 atom stereocenters. The number of aliphatic hydroxyl groups excluding tert-OH is 2. The molecule has 0 aliphatic rings. The second kappa shape index (κ2) is 13.4. The Morgan fingerprint density at radius 3 is 1.44 bits per heavy atom. The first-order valence-corrected chi connectivity index (χ1v) is 9.70. The summed E-state index contributed by atoms with van der Waals surface area (Å²) >= 11 is 0. The van der Waals surface area contributed by atoms with Gasteiger partial charge in [0.15, 0.2) is 0 Å². The Balaban J connectivity index is 4.45. The standard InChI is InChI=1S/C22H32O10/c1-13(2)18(25)29-9-16(23)11-31-20(27)15(5)8-22(6,7)21(28)32-12-17(24)10-30-19(26)14(3)4/h16-17,23-24H,1,3,5,8-12H2,2,4,6-7H3. The number of esters is 4. The molecule has 0 saturated heterocycles. The maximum atomic E-state index is 12.3. The lowest BCUT2D eigenvalue weighted by molar-refractivity contribution is -0.159. The first-order valence-electron chi connectivity index (χ1n) is 9.70. The molecule has 0 aromatic carbocycles. The van der Waals surface area contributed by atoms with Gasteiger partial charge in [-0.05, 0) is 34.1 Å². The first-order chi connectivity index (χ1) is 14.7. The molecule has 2 unspecified atom stereocenters. The van der Waals surface area contributed by atoms with Crippen molar-refractivity contribution in [2.24, 2.45) is 5.41 Å². The monoisotopic (exact) mass is 456 g/mol. The van der Waals surface area contributed by atoms with Crippen LogP contribution >= 0.6 is 0 Å². The lowest BCUT2D eigenvalue weighted by Crippen LogP contribution is -2.33. The molecular weight excluding hydrogens is 424 g/mol. The van der Waals surface area contributed by atoms with Gasteiger partial charge in [-0.15, -0.1) is 0 Å². The van der Waals surface area contributed by atoms with Crippen LogP contribution in [0, 0.1) is 5.41 Å². The lowest BCUT2D eigenvalue weighted by Gasteiger charge is -2.24. The minimum Gasteiger partial charge on any atom is -0.462 e. The van der Waals surface area contributed by atoms with Crippen molar-refractivity contribution < 1.29 is 48.3 Å². The van der Waals surface area contributed by atoms with E-state index in [1.165, 1.54) is 27.7 Å². The summed E-state index contributed by atoms with van der Waals surface area (Å²) in [5.41, 5.74) is -0.896. The number of ether oxygens (including phenoxy) is 4. The molecule has 0 aliphatic heterocycles. The first kappa shape index (κ1) is 29.0. The summed E-state index contributed by atoms with van der Waals surface area (Å²) in [7, 11) is 0. The quantitative estimate of drug-likeness (QED) is 0.220. The van der Waals surface area contributed by atoms with E-state index in [9.17, 15) is 29.4 Å². The van der Waals surface area contributed by atoms with Crippen LogP contribution in [-0.2, 0) is 38.1 Å². The van der Waals surface area contributed by atoms with Crippen LogP contribution in [0.1, 0.15) is 34.1 Å². The van der Waals surface area contributed by atoms with Gasteiger partial charge in [0.25, 0.3) is 0 Å². The lowest BCUT2D eigenvalue weighted by atomic mass is 9.86. The van der Waals surface area contributed by atoms with E-state index < -0.39 is 54.7 Å². The molecule has 32 heavy (non-hydrogen) atoms. The summed E-state index contributed by atoms with van der Waals surface area (Å²) in [5, 5.41) is 19.5. The van der Waals surface area contributed by atoms with Crippen LogP contribution in [0.25, 0.3) is 0 Å². The number of hydrogen-bond acceptors (Lipinski definition) is 10. The maximum absolute atomic E-state index is 12.3. The molecule has 0 bridgehead atoms. The topological polar surface area (TPSA) is 146 Å². The van der Waals surface area contributed by atoms with Crippen molar-refractivity contribution in [3.05, 3.63) is 36.5 Å². The van der Waals surface area contributed by atoms with Crippen LogP contribution in [0.4, 0.5) is 0 Å². The Kier molecular flexibility index (Phi) is 12.2. The van der Waals surface area contributed by atoms with Crippen molar-refractivity contribution in [1.82, 2.24) is 0 Å². The van der Waals surface area contributed by atoms with Gasteiger partial charge < -0.3 is 29.2 Å². The minimum absolute atomic E-state index is 0.0472. The molecule has 0 heterocycles. The predicted molar refractivity (Wildman–Crippen MR) is 113 cm³/mol. The molecule has 0 amide bonds. The molecule has 0 aromatic heterocycles. The normalized spacial score (nSPS) is 12.7. The zero-order chi connectivity index (χ0) is 25.1. The Morgan fingerprint density at radius 1 is 0.719 bits per heavy atom. The molecule has 0 rings (SSSR count). The molecule has 0 aliphatic carbocycles. The van der Waals surface area contributed by atoms with Gasteiger partial charge in [-0.3, -0.25) is 4.79 Å². The highest BCUT2D eigenvalue weighted by molar-refractivity contribution is 5.89. The van der Waals surface area contributed by atoms with Crippen LogP contribution in [0.3, 0.4) is 0 Å². The second-order valence-electron chi connectivity index (χ2n) is 7.93. The average molecular weight is 456 g/mol. The van der Waals surface area contributed by atoms with Gasteiger partial charge in [0.1, 0.15) is 38.6 Å². The number of carbonyl (C=O) groups is 4. The van der Waals surface area contributed by atoms with E-state index in [-0.39, 0.29) is 36.4 Å². The van der Waals surface area contributed by atoms with Crippen molar-refractivity contribution >= 4 is 23.9 Å². The zero-order valence-corrected chi connectivity index (χ0v) is 19.0. The highest BCUT2D eigenvalue weighted by atomic mass is 16.6. The third-order valence-corrected chi connectivity index (χ3v) is 3.82. The van der Waals surface area contributed by atoms with E-state index in [1.54, 1.807) is 0 Å². The molecule has 0 saturated carbocycles. The van der Waals surface area contributed by atoms with E-state index in [0.717, 1.165) is 0 Å². The van der Waals surface area contributed by atoms with Crippen molar-refractivity contribution in [1.29, 1.82) is 0 Å². The molecule has 180 valence electrons. The number of carbonyl (C=O) groups excluding carboxylic acids is 4. The van der Waals surface area contributed by atoms with E-state index in [4.69, 9.17) is 18.9 Å². The predicted octanol–water partition coefficient (Wildman–Crippen LogP) is 1.01. The van der Waals surface area contributed by atoms with Crippen LogP contribution in [-0.4, -0.2) is 72.7 Å². The Labute approximate surface area is 187 Å². The van der Waals surface area contributed by atoms with Gasteiger partial charge in [-0.25, -0.2) is 14.4 Å². The molecular formula is C22H32O10. The Bertz CT molecular complexity index is 750. The largest absolute Gasteiger partial charge is 0.462 e. The van der Waals surface area contributed by atoms with Gasteiger partial charge >= 0.3 is 23.9 Å². The molecule has 0 fully saturated rings. The zero-order valence-electron chi connectivity index (χ0n) is 19.0. The number of rotatable bonds is 14. The van der Waals surface area contributed by atoms with Crippen molar-refractivity contribution in [3.8, 4) is 0 Å². The minimum atomic E-state index is -1.24. The summed E-state index contributed by atoms with van der Waals surface area (Å²) in [6.07, 6.45) is -2.59.